The molecular formula is C17H24ClNO. The van der Waals surface area contributed by atoms with Crippen molar-refractivity contribution in [3.05, 3.63) is 34.9 Å². The Morgan fingerprint density at radius 2 is 2.05 bits per heavy atom. The normalized spacial score (nSPS) is 27.1. The van der Waals surface area contributed by atoms with Gasteiger partial charge >= 0.3 is 0 Å². The summed E-state index contributed by atoms with van der Waals surface area (Å²) >= 11 is 5.91. The number of ether oxygens (including phenoxy) is 1. The van der Waals surface area contributed by atoms with E-state index in [1.54, 1.807) is 0 Å². The Bertz CT molecular complexity index is 441. The predicted octanol–water partition coefficient (Wildman–Crippen LogP) is 3.82. The van der Waals surface area contributed by atoms with Crippen LogP contribution in [-0.2, 0) is 11.2 Å². The Kier molecular flexibility index (Phi) is 4.34. The highest BCUT2D eigenvalue weighted by molar-refractivity contribution is 6.30. The molecule has 1 aromatic carbocycles. The number of benzene rings is 1. The molecule has 1 N–H and O–H groups in total. The van der Waals surface area contributed by atoms with Crippen LogP contribution in [0, 0.1) is 5.41 Å². The van der Waals surface area contributed by atoms with E-state index in [-0.39, 0.29) is 0 Å². The van der Waals surface area contributed by atoms with Crippen LogP contribution in [0.3, 0.4) is 0 Å². The van der Waals surface area contributed by atoms with Gasteiger partial charge in [-0.2, -0.15) is 0 Å². The summed E-state index contributed by atoms with van der Waals surface area (Å²) in [6.07, 6.45) is 6.83. The minimum absolute atomic E-state index is 0.468. The van der Waals surface area contributed by atoms with Gasteiger partial charge in [0, 0.05) is 23.1 Å². The van der Waals surface area contributed by atoms with Crippen molar-refractivity contribution < 1.29 is 4.74 Å². The van der Waals surface area contributed by atoms with E-state index in [4.69, 9.17) is 16.3 Å². The molecule has 110 valence electrons. The molecule has 0 heterocycles. The molecule has 0 saturated heterocycles. The molecule has 2 aliphatic rings. The van der Waals surface area contributed by atoms with Gasteiger partial charge in [-0.05, 0) is 56.8 Å². The van der Waals surface area contributed by atoms with Crippen molar-refractivity contribution in [1.29, 1.82) is 0 Å². The minimum atomic E-state index is 0.468. The fraction of sp³-hybridized carbons (Fsp3) is 0.647. The van der Waals surface area contributed by atoms with Crippen molar-refractivity contribution in [2.75, 3.05) is 13.2 Å². The summed E-state index contributed by atoms with van der Waals surface area (Å²) in [5.41, 5.74) is 1.82. The second-order valence-corrected chi connectivity index (χ2v) is 6.59. The van der Waals surface area contributed by atoms with Gasteiger partial charge in [0.1, 0.15) is 0 Å². The average Bonchev–Trinajstić information content (AvgIpc) is 2.37. The third-order valence-electron chi connectivity index (χ3n) is 5.15. The van der Waals surface area contributed by atoms with E-state index < -0.39 is 0 Å². The predicted molar refractivity (Wildman–Crippen MR) is 83.3 cm³/mol. The van der Waals surface area contributed by atoms with Crippen molar-refractivity contribution in [2.45, 2.75) is 51.2 Å². The van der Waals surface area contributed by atoms with Gasteiger partial charge in [-0.3, -0.25) is 0 Å². The zero-order chi connectivity index (χ0) is 14.0. The van der Waals surface area contributed by atoms with Crippen molar-refractivity contribution in [1.82, 2.24) is 5.32 Å². The summed E-state index contributed by atoms with van der Waals surface area (Å²) in [4.78, 5) is 0. The first-order valence-corrected chi connectivity index (χ1v) is 8.22. The highest BCUT2D eigenvalue weighted by atomic mass is 35.5. The van der Waals surface area contributed by atoms with Crippen LogP contribution in [0.25, 0.3) is 0 Å². The van der Waals surface area contributed by atoms with E-state index in [1.807, 2.05) is 12.1 Å². The third-order valence-corrected chi connectivity index (χ3v) is 5.41. The maximum Gasteiger partial charge on any atom is 0.0661 e. The SMILES string of the molecule is CCOC1CC(NCCc2ccc(Cl)cc2)C12CCC2. The van der Waals surface area contributed by atoms with Gasteiger partial charge in [0.25, 0.3) is 0 Å². The van der Waals surface area contributed by atoms with Crippen LogP contribution in [0.5, 0.6) is 0 Å². The van der Waals surface area contributed by atoms with E-state index in [0.29, 0.717) is 17.6 Å². The van der Waals surface area contributed by atoms with Crippen LogP contribution in [0.2, 0.25) is 5.02 Å². The minimum Gasteiger partial charge on any atom is -0.378 e. The molecule has 2 unspecified atom stereocenters. The van der Waals surface area contributed by atoms with Crippen LogP contribution in [-0.4, -0.2) is 25.3 Å². The highest BCUT2D eigenvalue weighted by Crippen LogP contribution is 2.57. The summed E-state index contributed by atoms with van der Waals surface area (Å²) in [5, 5.41) is 4.56. The van der Waals surface area contributed by atoms with Gasteiger partial charge in [0.05, 0.1) is 6.10 Å². The smallest absolute Gasteiger partial charge is 0.0661 e. The zero-order valence-corrected chi connectivity index (χ0v) is 13.0. The maximum absolute atomic E-state index is 5.91. The molecule has 0 amide bonds. The molecule has 1 spiro atoms. The number of hydrogen-bond acceptors (Lipinski definition) is 2. The van der Waals surface area contributed by atoms with Crippen LogP contribution < -0.4 is 5.32 Å². The topological polar surface area (TPSA) is 21.3 Å². The molecule has 2 nitrogen and oxygen atoms in total. The fourth-order valence-electron chi connectivity index (χ4n) is 3.77. The number of nitrogens with one attached hydrogen (secondary N) is 1. The monoisotopic (exact) mass is 293 g/mol. The quantitative estimate of drug-likeness (QED) is 0.861. The standard InChI is InChI=1S/C17H24ClNO/c1-2-20-16-12-15(17(16)9-3-10-17)19-11-8-13-4-6-14(18)7-5-13/h4-7,15-16,19H,2-3,8-12H2,1H3. The molecule has 2 saturated carbocycles. The van der Waals surface area contributed by atoms with Gasteiger partial charge in [0.15, 0.2) is 0 Å². The lowest BCUT2D eigenvalue weighted by Crippen LogP contribution is -2.67. The first-order valence-electron chi connectivity index (χ1n) is 7.84. The van der Waals surface area contributed by atoms with Crippen LogP contribution >= 0.6 is 11.6 Å². The molecule has 2 aliphatic carbocycles. The molecule has 1 aromatic rings. The van der Waals surface area contributed by atoms with E-state index >= 15 is 0 Å². The second kappa shape index (κ2) is 6.05. The van der Waals surface area contributed by atoms with Crippen LogP contribution in [0.15, 0.2) is 24.3 Å². The third kappa shape index (κ3) is 2.61. The molecule has 0 radical (unpaired) electrons. The lowest BCUT2D eigenvalue weighted by atomic mass is 9.51. The molecule has 2 fully saturated rings. The first kappa shape index (κ1) is 14.4. The fourth-order valence-corrected chi connectivity index (χ4v) is 3.89. The Morgan fingerprint density at radius 3 is 2.65 bits per heavy atom. The summed E-state index contributed by atoms with van der Waals surface area (Å²) in [6, 6.07) is 8.84. The van der Waals surface area contributed by atoms with Crippen LogP contribution in [0.1, 0.15) is 38.2 Å². The van der Waals surface area contributed by atoms with E-state index in [2.05, 4.69) is 24.4 Å². The highest BCUT2D eigenvalue weighted by Gasteiger charge is 2.58. The lowest BCUT2D eigenvalue weighted by Gasteiger charge is -2.61. The van der Waals surface area contributed by atoms with Crippen molar-refractivity contribution >= 4 is 11.6 Å². The van der Waals surface area contributed by atoms with Gasteiger partial charge in [0.2, 0.25) is 0 Å². The number of rotatable bonds is 6. The maximum atomic E-state index is 5.91. The first-order chi connectivity index (χ1) is 9.74. The average molecular weight is 294 g/mol. The van der Waals surface area contributed by atoms with E-state index in [9.17, 15) is 0 Å². The molecule has 3 rings (SSSR count). The zero-order valence-electron chi connectivity index (χ0n) is 12.2. The van der Waals surface area contributed by atoms with E-state index in [1.165, 1.54) is 31.2 Å². The molecule has 2 atom stereocenters. The number of hydrogen-bond donors (Lipinski definition) is 1. The molecule has 0 bridgehead atoms. The van der Waals surface area contributed by atoms with E-state index in [0.717, 1.165) is 24.6 Å². The molecule has 20 heavy (non-hydrogen) atoms. The second-order valence-electron chi connectivity index (χ2n) is 6.15. The largest absolute Gasteiger partial charge is 0.378 e. The molecule has 0 aliphatic heterocycles. The number of halogens is 1. The van der Waals surface area contributed by atoms with Crippen LogP contribution in [0.4, 0.5) is 0 Å². The van der Waals surface area contributed by atoms with Gasteiger partial charge in [-0.1, -0.05) is 30.2 Å². The Hall–Kier alpha value is -0.570. The Balaban J connectivity index is 1.46. The Morgan fingerprint density at radius 1 is 1.30 bits per heavy atom. The Labute approximate surface area is 126 Å². The lowest BCUT2D eigenvalue weighted by molar-refractivity contribution is -0.172. The summed E-state index contributed by atoms with van der Waals surface area (Å²) in [6.45, 7) is 4.00. The summed E-state index contributed by atoms with van der Waals surface area (Å²) in [5.74, 6) is 0. The summed E-state index contributed by atoms with van der Waals surface area (Å²) in [7, 11) is 0. The van der Waals surface area contributed by atoms with Gasteiger partial charge in [-0.25, -0.2) is 0 Å². The van der Waals surface area contributed by atoms with Crippen molar-refractivity contribution in [3.8, 4) is 0 Å². The van der Waals surface area contributed by atoms with Crippen molar-refractivity contribution in [3.63, 3.8) is 0 Å². The van der Waals surface area contributed by atoms with Gasteiger partial charge in [-0.15, -0.1) is 0 Å². The van der Waals surface area contributed by atoms with Gasteiger partial charge < -0.3 is 10.1 Å². The molecule has 3 heteroatoms. The van der Waals surface area contributed by atoms with Crippen molar-refractivity contribution in [2.24, 2.45) is 5.41 Å². The molecule has 0 aromatic heterocycles. The summed E-state index contributed by atoms with van der Waals surface area (Å²) < 4.78 is 5.89. The molecular weight excluding hydrogens is 270 g/mol.